The number of benzene rings is 2. The number of amides is 3. The van der Waals surface area contributed by atoms with Crippen LogP contribution in [-0.2, 0) is 23.1 Å². The molecule has 0 saturated heterocycles. The lowest BCUT2D eigenvalue weighted by Crippen LogP contribution is -2.47. The van der Waals surface area contributed by atoms with Crippen LogP contribution >= 0.6 is 0 Å². The fourth-order valence-electron chi connectivity index (χ4n) is 6.84. The van der Waals surface area contributed by atoms with Crippen molar-refractivity contribution in [3.63, 3.8) is 0 Å². The highest BCUT2D eigenvalue weighted by Crippen LogP contribution is 2.48. The van der Waals surface area contributed by atoms with E-state index in [-0.39, 0.29) is 42.3 Å². The molecule has 2 atom stereocenters. The average Bonchev–Trinajstić information content (AvgIpc) is 3.79. The summed E-state index contributed by atoms with van der Waals surface area (Å²) in [6.07, 6.45) is 3.53. The minimum Gasteiger partial charge on any atom is -0.424 e. The molecule has 48 heavy (non-hydrogen) atoms. The van der Waals surface area contributed by atoms with Gasteiger partial charge in [-0.25, -0.2) is 0 Å². The molecule has 0 aliphatic heterocycles. The number of nitrogens with zero attached hydrogens (tertiary/aromatic N) is 6. The second kappa shape index (κ2) is 13.9. The zero-order valence-electron chi connectivity index (χ0n) is 29.3. The third-order valence-corrected chi connectivity index (χ3v) is 9.45. The average molecular weight is 654 g/mol. The molecule has 1 unspecified atom stereocenters. The molecule has 1 saturated carbocycles. The molecule has 0 radical (unpaired) electrons. The predicted octanol–water partition coefficient (Wildman–Crippen LogP) is 4.30. The highest BCUT2D eigenvalue weighted by Gasteiger charge is 2.47. The summed E-state index contributed by atoms with van der Waals surface area (Å²) in [6, 6.07) is 13.2. The van der Waals surface area contributed by atoms with Gasteiger partial charge in [0.05, 0.1) is 12.6 Å². The van der Waals surface area contributed by atoms with Gasteiger partial charge in [0.25, 0.3) is 11.8 Å². The Morgan fingerprint density at radius 2 is 1.46 bits per heavy atom. The normalized spacial score (nSPS) is 16.2. The van der Waals surface area contributed by atoms with E-state index in [1.807, 2.05) is 57.2 Å². The number of nitriles is 1. The number of fused-ring (bicyclic) bond motifs is 2. The summed E-state index contributed by atoms with van der Waals surface area (Å²) in [4.78, 5) is 44.5. The first-order valence-corrected chi connectivity index (χ1v) is 16.8. The van der Waals surface area contributed by atoms with Crippen LogP contribution in [0.2, 0.25) is 0 Å². The summed E-state index contributed by atoms with van der Waals surface area (Å²) in [7, 11) is 6.94. The van der Waals surface area contributed by atoms with Crippen LogP contribution < -0.4 is 5.32 Å². The molecule has 5 rings (SSSR count). The number of aromatic nitrogens is 2. The van der Waals surface area contributed by atoms with Crippen molar-refractivity contribution in [3.8, 4) is 6.07 Å². The van der Waals surface area contributed by atoms with Gasteiger partial charge in [0, 0.05) is 57.3 Å². The molecule has 0 bridgehead atoms. The van der Waals surface area contributed by atoms with Crippen LogP contribution in [0.15, 0.2) is 40.8 Å². The first kappa shape index (κ1) is 34.8. The number of hydrogen-bond donors (Lipinski definition) is 1. The smallest absolute Gasteiger partial charge is 0.253 e. The largest absolute Gasteiger partial charge is 0.424 e. The molecule has 1 fully saturated rings. The Labute approximate surface area is 283 Å². The van der Waals surface area contributed by atoms with Gasteiger partial charge in [-0.05, 0) is 92.5 Å². The van der Waals surface area contributed by atoms with Crippen LogP contribution in [0.25, 0.3) is 0 Å². The SMILES string of the molecule is CC(C)c1nnc(C2(C[C@H](C)NCC(=O)N(C(C)C#N)C3CC3)c3ccc(C(=O)N(C)C)cc3CCc3cc(C(=O)N(C)C)ccc32)o1. The van der Waals surface area contributed by atoms with Gasteiger partial charge in [-0.1, -0.05) is 26.0 Å². The quantitative estimate of drug-likeness (QED) is 0.324. The fourth-order valence-corrected chi connectivity index (χ4v) is 6.84. The second-order valence-electron chi connectivity index (χ2n) is 14.0. The molecule has 254 valence electrons. The van der Waals surface area contributed by atoms with Gasteiger partial charge in [-0.3, -0.25) is 14.4 Å². The van der Waals surface area contributed by atoms with E-state index >= 15 is 0 Å². The molecule has 1 aromatic heterocycles. The lowest BCUT2D eigenvalue weighted by molar-refractivity contribution is -0.132. The van der Waals surface area contributed by atoms with Gasteiger partial charge < -0.3 is 24.4 Å². The molecule has 3 aromatic rings. The highest BCUT2D eigenvalue weighted by molar-refractivity contribution is 5.95. The topological polar surface area (TPSA) is 136 Å². The fraction of sp³-hybridized carbons (Fsp3) is 0.514. The van der Waals surface area contributed by atoms with Crippen LogP contribution in [-0.4, -0.2) is 95.5 Å². The molecule has 0 spiro atoms. The van der Waals surface area contributed by atoms with E-state index in [2.05, 4.69) is 21.6 Å². The summed E-state index contributed by atoms with van der Waals surface area (Å²) in [6.45, 7) is 7.87. The molecule has 11 nitrogen and oxygen atoms in total. The first-order chi connectivity index (χ1) is 22.8. The molecule has 2 aromatic carbocycles. The van der Waals surface area contributed by atoms with E-state index in [1.165, 1.54) is 0 Å². The monoisotopic (exact) mass is 653 g/mol. The van der Waals surface area contributed by atoms with Gasteiger partial charge in [-0.2, -0.15) is 5.26 Å². The van der Waals surface area contributed by atoms with E-state index in [0.29, 0.717) is 42.2 Å². The highest BCUT2D eigenvalue weighted by atomic mass is 16.4. The summed E-state index contributed by atoms with van der Waals surface area (Å²) >= 11 is 0. The number of carbonyl (C=O) groups excluding carboxylic acids is 3. The van der Waals surface area contributed by atoms with Crippen LogP contribution in [0.1, 0.15) is 108 Å². The Balaban J connectivity index is 1.66. The minimum absolute atomic E-state index is 0.00287. The molecule has 11 heteroatoms. The van der Waals surface area contributed by atoms with Crippen molar-refractivity contribution in [1.29, 1.82) is 5.26 Å². The standard InChI is InChI=1S/C37H47N7O4/c1-22(2)33-40-41-36(48-33)37(19-23(3)39-21-32(45)44(24(4)20-38)29-13-14-29)30-15-11-27(34(46)42(5)6)17-25(30)9-10-26-18-28(12-16-31(26)37)35(47)43(7)8/h11-12,15-18,22-24,29,39H,9-10,13-14,19,21H2,1-8H3/t23-,24?/m0/s1. The lowest BCUT2D eigenvalue weighted by atomic mass is 9.68. The van der Waals surface area contributed by atoms with E-state index in [1.54, 1.807) is 49.8 Å². The van der Waals surface area contributed by atoms with Crippen molar-refractivity contribution in [3.05, 3.63) is 81.6 Å². The third kappa shape index (κ3) is 6.72. The third-order valence-electron chi connectivity index (χ3n) is 9.45. The minimum atomic E-state index is -0.966. The number of carbonyl (C=O) groups is 3. The summed E-state index contributed by atoms with van der Waals surface area (Å²) < 4.78 is 6.53. The Bertz CT molecular complexity index is 1660. The second-order valence-corrected chi connectivity index (χ2v) is 14.0. The van der Waals surface area contributed by atoms with Crippen molar-refractivity contribution in [1.82, 2.24) is 30.2 Å². The summed E-state index contributed by atoms with van der Waals surface area (Å²) in [5.74, 6) is 0.640. The maximum Gasteiger partial charge on any atom is 0.253 e. The summed E-state index contributed by atoms with van der Waals surface area (Å²) in [5.41, 5.74) is 4.05. The van der Waals surface area contributed by atoms with Crippen molar-refractivity contribution in [2.75, 3.05) is 34.7 Å². The number of nitrogens with one attached hydrogen (secondary N) is 1. The van der Waals surface area contributed by atoms with Crippen molar-refractivity contribution in [2.24, 2.45) is 0 Å². The maximum atomic E-state index is 13.4. The zero-order chi connectivity index (χ0) is 34.9. The molecule has 1 heterocycles. The molecular weight excluding hydrogens is 606 g/mol. The first-order valence-electron chi connectivity index (χ1n) is 16.8. The van der Waals surface area contributed by atoms with Gasteiger partial charge >= 0.3 is 0 Å². The van der Waals surface area contributed by atoms with Crippen LogP contribution in [0.5, 0.6) is 0 Å². The van der Waals surface area contributed by atoms with Crippen molar-refractivity contribution < 1.29 is 18.8 Å². The van der Waals surface area contributed by atoms with E-state index in [0.717, 1.165) is 35.1 Å². The lowest BCUT2D eigenvalue weighted by Gasteiger charge is -2.36. The maximum absolute atomic E-state index is 13.4. The predicted molar refractivity (Wildman–Crippen MR) is 182 cm³/mol. The van der Waals surface area contributed by atoms with E-state index in [4.69, 9.17) is 4.42 Å². The summed E-state index contributed by atoms with van der Waals surface area (Å²) in [5, 5.41) is 22.2. The van der Waals surface area contributed by atoms with Gasteiger partial charge in [0.15, 0.2) is 0 Å². The Morgan fingerprint density at radius 1 is 0.917 bits per heavy atom. The number of rotatable bonds is 11. The molecule has 2 aliphatic carbocycles. The Kier molecular flexibility index (Phi) is 10.1. The zero-order valence-corrected chi connectivity index (χ0v) is 29.3. The van der Waals surface area contributed by atoms with Crippen molar-refractivity contribution in [2.45, 2.75) is 89.3 Å². The molecule has 2 aliphatic rings. The van der Waals surface area contributed by atoms with Crippen LogP contribution in [0, 0.1) is 11.3 Å². The van der Waals surface area contributed by atoms with Crippen molar-refractivity contribution >= 4 is 17.7 Å². The van der Waals surface area contributed by atoms with Gasteiger partial charge in [-0.15, -0.1) is 10.2 Å². The molecule has 1 N–H and O–H groups in total. The van der Waals surface area contributed by atoms with Crippen LogP contribution in [0.3, 0.4) is 0 Å². The number of aryl methyl sites for hydroxylation is 2. The Morgan fingerprint density at radius 3 is 1.90 bits per heavy atom. The van der Waals surface area contributed by atoms with E-state index in [9.17, 15) is 19.6 Å². The van der Waals surface area contributed by atoms with Gasteiger partial charge in [0.1, 0.15) is 11.5 Å². The molecular formula is C37H47N7O4. The van der Waals surface area contributed by atoms with Gasteiger partial charge in [0.2, 0.25) is 17.7 Å². The molecule has 3 amide bonds. The van der Waals surface area contributed by atoms with E-state index < -0.39 is 11.5 Å². The van der Waals surface area contributed by atoms with Crippen LogP contribution in [0.4, 0.5) is 0 Å². The Hall–Kier alpha value is -4.56. The number of hydrogen-bond acceptors (Lipinski definition) is 8.